The van der Waals surface area contributed by atoms with E-state index in [0.717, 1.165) is 6.07 Å². The molecule has 96 valence electrons. The molecular formula is C12H11F2NO3. The molecule has 0 heterocycles. The third-order valence-corrected chi connectivity index (χ3v) is 3.01. The highest BCUT2D eigenvalue weighted by atomic mass is 19.2. The Labute approximate surface area is 102 Å². The third kappa shape index (κ3) is 1.75. The van der Waals surface area contributed by atoms with Crippen molar-refractivity contribution in [2.75, 3.05) is 14.2 Å². The van der Waals surface area contributed by atoms with Crippen molar-refractivity contribution in [2.45, 2.75) is 18.4 Å². The van der Waals surface area contributed by atoms with Crippen molar-refractivity contribution in [1.29, 1.82) is 0 Å². The number of isocyanates is 1. The van der Waals surface area contributed by atoms with Gasteiger partial charge in [0.1, 0.15) is 5.54 Å². The fourth-order valence-corrected chi connectivity index (χ4v) is 1.98. The van der Waals surface area contributed by atoms with Gasteiger partial charge in [-0.3, -0.25) is 0 Å². The molecule has 1 saturated carbocycles. The molecule has 18 heavy (non-hydrogen) atoms. The van der Waals surface area contributed by atoms with Crippen molar-refractivity contribution in [3.63, 3.8) is 0 Å². The van der Waals surface area contributed by atoms with E-state index in [2.05, 4.69) is 4.99 Å². The van der Waals surface area contributed by atoms with Crippen LogP contribution < -0.4 is 9.47 Å². The van der Waals surface area contributed by atoms with Gasteiger partial charge in [0.05, 0.1) is 19.8 Å². The van der Waals surface area contributed by atoms with Crippen LogP contribution in [0.15, 0.2) is 11.1 Å². The number of ether oxygens (including phenoxy) is 2. The van der Waals surface area contributed by atoms with Crippen molar-refractivity contribution in [3.05, 3.63) is 23.3 Å². The summed E-state index contributed by atoms with van der Waals surface area (Å²) in [7, 11) is 2.64. The molecule has 1 aromatic rings. The Morgan fingerprint density at radius 3 is 2.44 bits per heavy atom. The average Bonchev–Trinajstić information content (AvgIpc) is 3.12. The lowest BCUT2D eigenvalue weighted by Crippen LogP contribution is -2.11. The van der Waals surface area contributed by atoms with Crippen LogP contribution in [0.4, 0.5) is 8.78 Å². The Bertz CT molecular complexity index is 535. The number of nitrogens with zero attached hydrogens (tertiary/aromatic N) is 1. The monoisotopic (exact) mass is 255 g/mol. The molecule has 0 aliphatic heterocycles. The van der Waals surface area contributed by atoms with Crippen molar-refractivity contribution < 1.29 is 23.0 Å². The summed E-state index contributed by atoms with van der Waals surface area (Å²) in [5.74, 6) is -1.99. The number of rotatable bonds is 4. The molecule has 1 aliphatic carbocycles. The Balaban J connectivity index is 2.71. The van der Waals surface area contributed by atoms with Crippen LogP contribution in [-0.2, 0) is 10.3 Å². The largest absolute Gasteiger partial charge is 0.493 e. The van der Waals surface area contributed by atoms with Crippen LogP contribution in [-0.4, -0.2) is 20.3 Å². The van der Waals surface area contributed by atoms with Crippen LogP contribution in [0.25, 0.3) is 0 Å². The van der Waals surface area contributed by atoms with Gasteiger partial charge in [0.2, 0.25) is 6.08 Å². The molecule has 1 aliphatic rings. The van der Waals surface area contributed by atoms with E-state index in [0.29, 0.717) is 12.8 Å². The molecular weight excluding hydrogens is 244 g/mol. The summed E-state index contributed by atoms with van der Waals surface area (Å²) in [5, 5.41) is 0. The quantitative estimate of drug-likeness (QED) is 0.612. The fourth-order valence-electron chi connectivity index (χ4n) is 1.98. The van der Waals surface area contributed by atoms with E-state index in [1.54, 1.807) is 0 Å². The average molecular weight is 255 g/mol. The molecule has 2 rings (SSSR count). The molecule has 0 atom stereocenters. The second kappa shape index (κ2) is 4.38. The first-order valence-corrected chi connectivity index (χ1v) is 5.29. The van der Waals surface area contributed by atoms with Crippen molar-refractivity contribution in [1.82, 2.24) is 0 Å². The Kier molecular flexibility index (Phi) is 3.05. The Morgan fingerprint density at radius 1 is 1.33 bits per heavy atom. The molecule has 0 bridgehead atoms. The zero-order valence-corrected chi connectivity index (χ0v) is 9.92. The molecule has 0 spiro atoms. The first-order chi connectivity index (χ1) is 8.59. The minimum absolute atomic E-state index is 0.0629. The van der Waals surface area contributed by atoms with Crippen molar-refractivity contribution >= 4 is 6.08 Å². The highest BCUT2D eigenvalue weighted by Gasteiger charge is 2.50. The lowest BCUT2D eigenvalue weighted by molar-refractivity contribution is 0.337. The summed E-state index contributed by atoms with van der Waals surface area (Å²) in [4.78, 5) is 14.0. The molecule has 4 nitrogen and oxygen atoms in total. The van der Waals surface area contributed by atoms with Crippen molar-refractivity contribution in [2.24, 2.45) is 4.99 Å². The van der Waals surface area contributed by atoms with Gasteiger partial charge >= 0.3 is 0 Å². The van der Waals surface area contributed by atoms with E-state index < -0.39 is 17.2 Å². The lowest BCUT2D eigenvalue weighted by atomic mass is 10.0. The third-order valence-electron chi connectivity index (χ3n) is 3.01. The topological polar surface area (TPSA) is 47.9 Å². The number of hydrogen-bond acceptors (Lipinski definition) is 4. The zero-order valence-electron chi connectivity index (χ0n) is 9.92. The molecule has 0 radical (unpaired) electrons. The number of halogens is 2. The highest BCUT2D eigenvalue weighted by Crippen LogP contribution is 2.55. The minimum Gasteiger partial charge on any atom is -0.493 e. The predicted molar refractivity (Wildman–Crippen MR) is 58.5 cm³/mol. The van der Waals surface area contributed by atoms with Crippen LogP contribution in [0.1, 0.15) is 18.4 Å². The summed E-state index contributed by atoms with van der Waals surface area (Å²) in [6, 6.07) is 0.901. The van der Waals surface area contributed by atoms with E-state index in [1.807, 2.05) is 0 Å². The standard InChI is InChI=1S/C12H11F2NO3/c1-17-8-5-7(13)10(14)9(11(8)18-2)12(3-4-12)15-6-16/h5H,3-4H2,1-2H3. The van der Waals surface area contributed by atoms with Crippen LogP contribution in [0, 0.1) is 11.6 Å². The molecule has 0 amide bonds. The number of methoxy groups -OCH3 is 2. The van der Waals surface area contributed by atoms with Gasteiger partial charge in [0.25, 0.3) is 0 Å². The first-order valence-electron chi connectivity index (χ1n) is 5.29. The number of hydrogen-bond donors (Lipinski definition) is 0. The second-order valence-corrected chi connectivity index (χ2v) is 4.02. The number of carbonyl (C=O) groups excluding carboxylic acids is 1. The van der Waals surface area contributed by atoms with Gasteiger partial charge < -0.3 is 9.47 Å². The Morgan fingerprint density at radius 2 is 2.00 bits per heavy atom. The summed E-state index contributed by atoms with van der Waals surface area (Å²) >= 11 is 0. The Hall–Kier alpha value is -1.94. The maximum absolute atomic E-state index is 13.9. The van der Waals surface area contributed by atoms with Gasteiger partial charge in [-0.15, -0.1) is 0 Å². The van der Waals surface area contributed by atoms with E-state index >= 15 is 0 Å². The van der Waals surface area contributed by atoms with Gasteiger partial charge in [0, 0.05) is 6.07 Å². The van der Waals surface area contributed by atoms with Crippen LogP contribution >= 0.6 is 0 Å². The molecule has 0 aromatic heterocycles. The van der Waals surface area contributed by atoms with Crippen LogP contribution in [0.3, 0.4) is 0 Å². The normalized spacial score (nSPS) is 15.8. The van der Waals surface area contributed by atoms with E-state index in [4.69, 9.17) is 9.47 Å². The van der Waals surface area contributed by atoms with Crippen molar-refractivity contribution in [3.8, 4) is 11.5 Å². The SMILES string of the molecule is COc1cc(F)c(F)c(C2(N=C=O)CC2)c1OC. The second-order valence-electron chi connectivity index (χ2n) is 4.02. The lowest BCUT2D eigenvalue weighted by Gasteiger charge is -2.17. The van der Waals surface area contributed by atoms with Crippen LogP contribution in [0.5, 0.6) is 11.5 Å². The van der Waals surface area contributed by atoms with Gasteiger partial charge in [-0.2, -0.15) is 4.99 Å². The van der Waals surface area contributed by atoms with E-state index in [9.17, 15) is 13.6 Å². The summed E-state index contributed by atoms with van der Waals surface area (Å²) < 4.78 is 37.4. The summed E-state index contributed by atoms with van der Waals surface area (Å²) in [5.41, 5.74) is -1.14. The first kappa shape index (κ1) is 12.5. The smallest absolute Gasteiger partial charge is 0.235 e. The fraction of sp³-hybridized carbons (Fsp3) is 0.417. The summed E-state index contributed by atoms with van der Waals surface area (Å²) in [6.07, 6.45) is 2.29. The maximum Gasteiger partial charge on any atom is 0.235 e. The van der Waals surface area contributed by atoms with Gasteiger partial charge in [-0.05, 0) is 12.8 Å². The molecule has 0 saturated heterocycles. The minimum atomic E-state index is -1.07. The highest BCUT2D eigenvalue weighted by molar-refractivity contribution is 5.54. The molecule has 1 aromatic carbocycles. The molecule has 1 fully saturated rings. The zero-order chi connectivity index (χ0) is 13.3. The predicted octanol–water partition coefficient (Wildman–Crippen LogP) is 2.31. The van der Waals surface area contributed by atoms with Gasteiger partial charge in [-0.1, -0.05) is 0 Å². The van der Waals surface area contributed by atoms with Gasteiger partial charge in [-0.25, -0.2) is 13.6 Å². The van der Waals surface area contributed by atoms with E-state index in [-0.39, 0.29) is 17.1 Å². The molecule has 0 N–H and O–H groups in total. The summed E-state index contributed by atoms with van der Waals surface area (Å²) in [6.45, 7) is 0. The molecule has 0 unspecified atom stereocenters. The maximum atomic E-state index is 13.9. The van der Waals surface area contributed by atoms with E-state index in [1.165, 1.54) is 20.3 Å². The molecule has 6 heteroatoms. The van der Waals surface area contributed by atoms with Gasteiger partial charge in [0.15, 0.2) is 23.1 Å². The number of aliphatic imine (C=N–C) groups is 1. The number of benzene rings is 1. The van der Waals surface area contributed by atoms with Crippen LogP contribution in [0.2, 0.25) is 0 Å².